The highest BCUT2D eigenvalue weighted by atomic mass is 16.5. The maximum absolute atomic E-state index is 12.0. The molecule has 0 radical (unpaired) electrons. The average Bonchev–Trinajstić information content (AvgIpc) is 2.82. The van der Waals surface area contributed by atoms with E-state index in [1.165, 1.54) is 12.8 Å². The molecule has 0 aromatic rings. The van der Waals surface area contributed by atoms with Crippen molar-refractivity contribution in [2.45, 2.75) is 44.6 Å². The Kier molecular flexibility index (Phi) is 4.80. The highest BCUT2D eigenvalue weighted by molar-refractivity contribution is 5.76. The minimum absolute atomic E-state index is 0.0841. The number of nitrogens with two attached hydrogens (primary N) is 1. The van der Waals surface area contributed by atoms with Gasteiger partial charge in [0.05, 0.1) is 6.61 Å². The van der Waals surface area contributed by atoms with Crippen molar-refractivity contribution in [3.05, 3.63) is 0 Å². The lowest BCUT2D eigenvalue weighted by molar-refractivity contribution is -0.132. The summed E-state index contributed by atoms with van der Waals surface area (Å²) >= 11 is 0. The molecule has 4 nitrogen and oxygen atoms in total. The number of carbonyl (C=O) groups is 1. The highest BCUT2D eigenvalue weighted by Gasteiger charge is 2.26. The molecule has 2 saturated heterocycles. The van der Waals surface area contributed by atoms with Crippen LogP contribution in [0.25, 0.3) is 0 Å². The monoisotopic (exact) mass is 240 g/mol. The van der Waals surface area contributed by atoms with Crippen LogP contribution in [0.2, 0.25) is 0 Å². The van der Waals surface area contributed by atoms with Crippen LogP contribution in [0.4, 0.5) is 0 Å². The molecule has 2 N–H and O–H groups in total. The van der Waals surface area contributed by atoms with Crippen LogP contribution in [0.1, 0.15) is 38.5 Å². The number of hydrogen-bond acceptors (Lipinski definition) is 3. The van der Waals surface area contributed by atoms with Crippen LogP contribution in [-0.2, 0) is 9.53 Å². The maximum atomic E-state index is 12.0. The molecular weight excluding hydrogens is 216 g/mol. The Labute approximate surface area is 103 Å². The summed E-state index contributed by atoms with van der Waals surface area (Å²) in [6.45, 7) is 3.20. The van der Waals surface area contributed by atoms with Gasteiger partial charge in [-0.05, 0) is 19.3 Å². The van der Waals surface area contributed by atoms with Gasteiger partial charge >= 0.3 is 0 Å². The van der Waals surface area contributed by atoms with Crippen molar-refractivity contribution in [2.24, 2.45) is 11.7 Å². The number of nitrogens with zero attached hydrogens (tertiary/aromatic N) is 1. The van der Waals surface area contributed by atoms with E-state index in [1.807, 2.05) is 4.90 Å². The first-order chi connectivity index (χ1) is 8.27. The third kappa shape index (κ3) is 3.68. The van der Waals surface area contributed by atoms with E-state index in [2.05, 4.69) is 0 Å². The largest absolute Gasteiger partial charge is 0.381 e. The SMILES string of the molecule is NC(CN1CCCCCCC1=O)C1CCOC1. The molecule has 98 valence electrons. The van der Waals surface area contributed by atoms with Crippen molar-refractivity contribution in [2.75, 3.05) is 26.3 Å². The molecule has 0 saturated carbocycles. The molecule has 0 bridgehead atoms. The van der Waals surface area contributed by atoms with Crippen molar-refractivity contribution < 1.29 is 9.53 Å². The van der Waals surface area contributed by atoms with Crippen molar-refractivity contribution >= 4 is 5.91 Å². The standard InChI is InChI=1S/C13H24N2O2/c14-12(11-6-8-17-10-11)9-15-7-4-2-1-3-5-13(15)16/h11-12H,1-10,14H2. The quantitative estimate of drug-likeness (QED) is 0.805. The number of ether oxygens (including phenoxy) is 1. The fraction of sp³-hybridized carbons (Fsp3) is 0.923. The number of carbonyl (C=O) groups excluding carboxylic acids is 1. The van der Waals surface area contributed by atoms with E-state index in [0.29, 0.717) is 24.8 Å². The van der Waals surface area contributed by atoms with Crippen LogP contribution >= 0.6 is 0 Å². The summed E-state index contributed by atoms with van der Waals surface area (Å²) in [5, 5.41) is 0. The fourth-order valence-corrected chi connectivity index (χ4v) is 2.70. The molecule has 0 spiro atoms. The van der Waals surface area contributed by atoms with Crippen molar-refractivity contribution in [3.8, 4) is 0 Å². The van der Waals surface area contributed by atoms with Crippen molar-refractivity contribution in [1.29, 1.82) is 0 Å². The van der Waals surface area contributed by atoms with Gasteiger partial charge in [-0.15, -0.1) is 0 Å². The van der Waals surface area contributed by atoms with Gasteiger partial charge in [0.15, 0.2) is 0 Å². The Morgan fingerprint density at radius 3 is 2.94 bits per heavy atom. The van der Waals surface area contributed by atoms with Gasteiger partial charge in [-0.25, -0.2) is 0 Å². The molecule has 2 heterocycles. The fourth-order valence-electron chi connectivity index (χ4n) is 2.70. The van der Waals surface area contributed by atoms with Gasteiger partial charge in [-0.3, -0.25) is 4.79 Å². The van der Waals surface area contributed by atoms with E-state index in [-0.39, 0.29) is 6.04 Å². The first kappa shape index (κ1) is 12.8. The lowest BCUT2D eigenvalue weighted by Gasteiger charge is -2.29. The van der Waals surface area contributed by atoms with Crippen LogP contribution in [0.15, 0.2) is 0 Å². The molecule has 2 aliphatic rings. The Morgan fingerprint density at radius 2 is 2.18 bits per heavy atom. The second kappa shape index (κ2) is 6.36. The maximum Gasteiger partial charge on any atom is 0.222 e. The van der Waals surface area contributed by atoms with Crippen molar-refractivity contribution in [1.82, 2.24) is 4.90 Å². The van der Waals surface area contributed by atoms with E-state index in [4.69, 9.17) is 10.5 Å². The lowest BCUT2D eigenvalue weighted by Crippen LogP contribution is -2.45. The third-order valence-corrected chi connectivity index (χ3v) is 3.92. The number of rotatable bonds is 3. The molecule has 0 aliphatic carbocycles. The van der Waals surface area contributed by atoms with Gasteiger partial charge < -0.3 is 15.4 Å². The normalized spacial score (nSPS) is 28.9. The Balaban J connectivity index is 1.83. The van der Waals surface area contributed by atoms with Gasteiger partial charge in [-0.1, -0.05) is 12.8 Å². The summed E-state index contributed by atoms with van der Waals surface area (Å²) in [5.41, 5.74) is 6.19. The number of amides is 1. The van der Waals surface area contributed by atoms with Gasteiger partial charge in [-0.2, -0.15) is 0 Å². The van der Waals surface area contributed by atoms with E-state index in [1.54, 1.807) is 0 Å². The summed E-state index contributed by atoms with van der Waals surface area (Å²) < 4.78 is 5.36. The second-order valence-corrected chi connectivity index (χ2v) is 5.29. The molecule has 0 aromatic heterocycles. The first-order valence-corrected chi connectivity index (χ1v) is 6.88. The Hall–Kier alpha value is -0.610. The first-order valence-electron chi connectivity index (χ1n) is 6.88. The molecule has 17 heavy (non-hydrogen) atoms. The molecule has 1 amide bonds. The lowest BCUT2D eigenvalue weighted by atomic mass is 9.98. The zero-order valence-electron chi connectivity index (χ0n) is 10.6. The highest BCUT2D eigenvalue weighted by Crippen LogP contribution is 2.18. The summed E-state index contributed by atoms with van der Waals surface area (Å²) in [5.74, 6) is 0.729. The van der Waals surface area contributed by atoms with E-state index < -0.39 is 0 Å². The van der Waals surface area contributed by atoms with E-state index >= 15 is 0 Å². The van der Waals surface area contributed by atoms with Crippen molar-refractivity contribution in [3.63, 3.8) is 0 Å². The molecule has 2 rings (SSSR count). The van der Waals surface area contributed by atoms with E-state index in [9.17, 15) is 4.79 Å². The molecule has 2 fully saturated rings. The van der Waals surface area contributed by atoms with Crippen LogP contribution in [-0.4, -0.2) is 43.2 Å². The molecular formula is C13H24N2O2. The second-order valence-electron chi connectivity index (χ2n) is 5.29. The smallest absolute Gasteiger partial charge is 0.222 e. The zero-order chi connectivity index (χ0) is 12.1. The van der Waals surface area contributed by atoms with Gasteiger partial charge in [0.25, 0.3) is 0 Å². The molecule has 2 unspecified atom stereocenters. The topological polar surface area (TPSA) is 55.6 Å². The minimum atomic E-state index is 0.0841. The van der Waals surface area contributed by atoms with Gasteiger partial charge in [0.1, 0.15) is 0 Å². The summed E-state index contributed by atoms with van der Waals surface area (Å²) in [7, 11) is 0. The molecule has 4 heteroatoms. The van der Waals surface area contributed by atoms with E-state index in [0.717, 1.165) is 39.0 Å². The van der Waals surface area contributed by atoms with Crippen LogP contribution < -0.4 is 5.73 Å². The Bertz CT molecular complexity index is 252. The van der Waals surface area contributed by atoms with Crippen LogP contribution in [0.3, 0.4) is 0 Å². The summed E-state index contributed by atoms with van der Waals surface area (Å²) in [4.78, 5) is 13.9. The summed E-state index contributed by atoms with van der Waals surface area (Å²) in [6.07, 6.45) is 6.35. The number of likely N-dealkylation sites (tertiary alicyclic amines) is 1. The predicted octanol–water partition coefficient (Wildman–Crippen LogP) is 1.14. The molecule has 2 aliphatic heterocycles. The number of hydrogen-bond donors (Lipinski definition) is 1. The van der Waals surface area contributed by atoms with Gasteiger partial charge in [0.2, 0.25) is 5.91 Å². The zero-order valence-corrected chi connectivity index (χ0v) is 10.6. The van der Waals surface area contributed by atoms with Crippen LogP contribution in [0, 0.1) is 5.92 Å². The third-order valence-electron chi connectivity index (χ3n) is 3.92. The molecule has 2 atom stereocenters. The molecule has 0 aromatic carbocycles. The summed E-state index contributed by atoms with van der Waals surface area (Å²) in [6, 6.07) is 0.0841. The van der Waals surface area contributed by atoms with Gasteiger partial charge in [0, 0.05) is 38.1 Å². The average molecular weight is 240 g/mol. The minimum Gasteiger partial charge on any atom is -0.381 e. The predicted molar refractivity (Wildman–Crippen MR) is 66.6 cm³/mol. The van der Waals surface area contributed by atoms with Crippen LogP contribution in [0.5, 0.6) is 0 Å². The Morgan fingerprint density at radius 1 is 1.35 bits per heavy atom.